The van der Waals surface area contributed by atoms with Gasteiger partial charge in [0, 0.05) is 37.0 Å². The van der Waals surface area contributed by atoms with E-state index in [9.17, 15) is 9.59 Å². The first-order valence-electron chi connectivity index (χ1n) is 8.06. The first kappa shape index (κ1) is 16.5. The molecule has 0 spiro atoms. The Bertz CT molecular complexity index is 738. The number of carbonyl (C=O) groups is 2. The maximum absolute atomic E-state index is 12.0. The van der Waals surface area contributed by atoms with Crippen molar-refractivity contribution in [1.29, 1.82) is 0 Å². The zero-order valence-electron chi connectivity index (χ0n) is 13.4. The van der Waals surface area contributed by atoms with E-state index in [1.807, 2.05) is 52.8 Å². The van der Waals surface area contributed by atoms with Gasteiger partial charge in [0.2, 0.25) is 11.8 Å². The van der Waals surface area contributed by atoms with Crippen LogP contribution >= 0.6 is 11.3 Å². The number of hydrogen-bond donors (Lipinski definition) is 1. The number of thiophene rings is 1. The van der Waals surface area contributed by atoms with Crippen molar-refractivity contribution in [3.63, 3.8) is 0 Å². The second-order valence-corrected chi connectivity index (χ2v) is 6.73. The van der Waals surface area contributed by atoms with Crippen LogP contribution in [0.15, 0.2) is 47.9 Å². The fourth-order valence-corrected chi connectivity index (χ4v) is 3.36. The van der Waals surface area contributed by atoms with Crippen LogP contribution in [0.5, 0.6) is 0 Å². The third-order valence-electron chi connectivity index (χ3n) is 4.05. The molecular weight excluding hydrogens is 320 g/mol. The van der Waals surface area contributed by atoms with Gasteiger partial charge in [-0.15, -0.1) is 11.3 Å². The van der Waals surface area contributed by atoms with E-state index in [0.29, 0.717) is 19.5 Å². The first-order valence-corrected chi connectivity index (χ1v) is 8.94. The Morgan fingerprint density at radius 3 is 2.75 bits per heavy atom. The number of nitrogens with one attached hydrogen (secondary N) is 1. The van der Waals surface area contributed by atoms with Crippen molar-refractivity contribution in [2.24, 2.45) is 0 Å². The van der Waals surface area contributed by atoms with E-state index in [0.717, 1.165) is 29.0 Å². The van der Waals surface area contributed by atoms with E-state index in [2.05, 4.69) is 5.32 Å². The Hall–Kier alpha value is -2.40. The molecule has 1 fully saturated rings. The molecule has 1 aromatic heterocycles. The summed E-state index contributed by atoms with van der Waals surface area (Å²) in [5, 5.41) is 4.89. The fourth-order valence-electron chi connectivity index (χ4n) is 2.75. The van der Waals surface area contributed by atoms with Gasteiger partial charge in [-0.05, 0) is 35.1 Å². The molecule has 0 atom stereocenters. The van der Waals surface area contributed by atoms with Crippen molar-refractivity contribution in [2.45, 2.75) is 25.9 Å². The molecule has 24 heavy (non-hydrogen) atoms. The zero-order valence-corrected chi connectivity index (χ0v) is 14.2. The Balaban J connectivity index is 1.58. The highest BCUT2D eigenvalue weighted by molar-refractivity contribution is 7.10. The molecule has 0 saturated carbocycles. The Labute approximate surface area is 145 Å². The lowest BCUT2D eigenvalue weighted by Crippen LogP contribution is -2.26. The number of hydrogen-bond acceptors (Lipinski definition) is 3. The van der Waals surface area contributed by atoms with Gasteiger partial charge in [0.15, 0.2) is 0 Å². The van der Waals surface area contributed by atoms with Gasteiger partial charge in [0.05, 0.1) is 0 Å². The average Bonchev–Trinajstić information content (AvgIpc) is 3.24. The molecule has 2 aromatic rings. The van der Waals surface area contributed by atoms with E-state index in [1.165, 1.54) is 0 Å². The number of carbonyl (C=O) groups excluding carboxylic acids is 2. The summed E-state index contributed by atoms with van der Waals surface area (Å²) in [5.74, 6) is 0.100. The molecule has 1 aliphatic rings. The average molecular weight is 340 g/mol. The molecule has 2 heterocycles. The van der Waals surface area contributed by atoms with Gasteiger partial charge in [-0.3, -0.25) is 9.59 Å². The highest BCUT2D eigenvalue weighted by atomic mass is 32.1. The molecule has 0 aliphatic carbocycles. The van der Waals surface area contributed by atoms with Crippen molar-refractivity contribution in [3.8, 4) is 0 Å². The summed E-state index contributed by atoms with van der Waals surface area (Å²) in [6, 6.07) is 11.9. The molecule has 2 amide bonds. The standard InChI is InChI=1S/C19H20N2O2S/c22-18(10-9-17-7-4-12-24-17)20-13-15-5-1-2-6-16(15)14-21-11-3-8-19(21)23/h1-2,4-7,9-10,12H,3,8,11,13-14H2,(H,20,22)/b10-9+. The SMILES string of the molecule is O=C(/C=C/c1cccs1)NCc1ccccc1CN1CCCC1=O. The monoisotopic (exact) mass is 340 g/mol. The summed E-state index contributed by atoms with van der Waals surface area (Å²) >= 11 is 1.60. The van der Waals surface area contributed by atoms with Crippen LogP contribution in [0.1, 0.15) is 28.8 Å². The molecule has 3 rings (SSSR count). The second kappa shape index (κ2) is 7.93. The maximum atomic E-state index is 12.0. The lowest BCUT2D eigenvalue weighted by Gasteiger charge is -2.18. The summed E-state index contributed by atoms with van der Waals surface area (Å²) < 4.78 is 0. The van der Waals surface area contributed by atoms with E-state index in [-0.39, 0.29) is 11.8 Å². The van der Waals surface area contributed by atoms with Gasteiger partial charge in [-0.2, -0.15) is 0 Å². The Morgan fingerprint density at radius 1 is 1.21 bits per heavy atom. The van der Waals surface area contributed by atoms with E-state index in [4.69, 9.17) is 0 Å². The maximum Gasteiger partial charge on any atom is 0.244 e. The summed E-state index contributed by atoms with van der Waals surface area (Å²) in [5.41, 5.74) is 2.14. The lowest BCUT2D eigenvalue weighted by atomic mass is 10.1. The summed E-state index contributed by atoms with van der Waals surface area (Å²) in [7, 11) is 0. The molecule has 0 unspecified atom stereocenters. The number of benzene rings is 1. The van der Waals surface area contributed by atoms with Crippen LogP contribution in [0.2, 0.25) is 0 Å². The largest absolute Gasteiger partial charge is 0.348 e. The topological polar surface area (TPSA) is 49.4 Å². The minimum atomic E-state index is -0.115. The molecule has 1 aromatic carbocycles. The third-order valence-corrected chi connectivity index (χ3v) is 4.88. The molecule has 0 bridgehead atoms. The molecular formula is C19H20N2O2S. The van der Waals surface area contributed by atoms with Crippen molar-refractivity contribution >= 4 is 29.2 Å². The van der Waals surface area contributed by atoms with Crippen molar-refractivity contribution in [2.75, 3.05) is 6.54 Å². The number of nitrogens with zero attached hydrogens (tertiary/aromatic N) is 1. The highest BCUT2D eigenvalue weighted by Crippen LogP contribution is 2.17. The van der Waals surface area contributed by atoms with Gasteiger partial charge in [-0.1, -0.05) is 30.3 Å². The van der Waals surface area contributed by atoms with Gasteiger partial charge in [0.1, 0.15) is 0 Å². The molecule has 5 heteroatoms. The van der Waals surface area contributed by atoms with Crippen molar-refractivity contribution < 1.29 is 9.59 Å². The zero-order chi connectivity index (χ0) is 16.8. The van der Waals surface area contributed by atoms with Gasteiger partial charge < -0.3 is 10.2 Å². The molecule has 1 aliphatic heterocycles. The molecule has 1 saturated heterocycles. The smallest absolute Gasteiger partial charge is 0.244 e. The van der Waals surface area contributed by atoms with Crippen LogP contribution in [0, 0.1) is 0 Å². The van der Waals surface area contributed by atoms with E-state index in [1.54, 1.807) is 17.4 Å². The van der Waals surface area contributed by atoms with Gasteiger partial charge >= 0.3 is 0 Å². The van der Waals surface area contributed by atoms with Crippen LogP contribution in [0.25, 0.3) is 6.08 Å². The van der Waals surface area contributed by atoms with Crippen LogP contribution in [0.3, 0.4) is 0 Å². The highest BCUT2D eigenvalue weighted by Gasteiger charge is 2.20. The predicted octanol–water partition coefficient (Wildman–Crippen LogP) is 3.20. The van der Waals surface area contributed by atoms with Crippen LogP contribution < -0.4 is 5.32 Å². The van der Waals surface area contributed by atoms with E-state index >= 15 is 0 Å². The molecule has 4 nitrogen and oxygen atoms in total. The summed E-state index contributed by atoms with van der Waals surface area (Å²) in [6.45, 7) is 1.91. The molecule has 124 valence electrons. The van der Waals surface area contributed by atoms with Crippen molar-refractivity contribution in [3.05, 3.63) is 63.9 Å². The first-order chi connectivity index (χ1) is 11.7. The second-order valence-electron chi connectivity index (χ2n) is 5.75. The Morgan fingerprint density at radius 2 is 2.04 bits per heavy atom. The normalized spacial score (nSPS) is 14.5. The number of rotatable bonds is 6. The summed E-state index contributed by atoms with van der Waals surface area (Å²) in [4.78, 5) is 26.7. The fraction of sp³-hybridized carbons (Fsp3) is 0.263. The van der Waals surface area contributed by atoms with Crippen LogP contribution in [-0.4, -0.2) is 23.3 Å². The predicted molar refractivity (Wildman–Crippen MR) is 96.3 cm³/mol. The molecule has 1 N–H and O–H groups in total. The molecule has 0 radical (unpaired) electrons. The summed E-state index contributed by atoms with van der Waals surface area (Å²) in [6.07, 6.45) is 4.95. The third kappa shape index (κ3) is 4.32. The van der Waals surface area contributed by atoms with E-state index < -0.39 is 0 Å². The quantitative estimate of drug-likeness (QED) is 0.821. The minimum absolute atomic E-state index is 0.115. The minimum Gasteiger partial charge on any atom is -0.348 e. The van der Waals surface area contributed by atoms with Crippen LogP contribution in [0.4, 0.5) is 0 Å². The van der Waals surface area contributed by atoms with Gasteiger partial charge in [-0.25, -0.2) is 0 Å². The Kier molecular flexibility index (Phi) is 5.43. The lowest BCUT2D eigenvalue weighted by molar-refractivity contribution is -0.128. The van der Waals surface area contributed by atoms with Crippen molar-refractivity contribution in [1.82, 2.24) is 10.2 Å². The van der Waals surface area contributed by atoms with Crippen LogP contribution in [-0.2, 0) is 22.7 Å². The number of amides is 2. The van der Waals surface area contributed by atoms with Gasteiger partial charge in [0.25, 0.3) is 0 Å². The number of likely N-dealkylation sites (tertiary alicyclic amines) is 1.